The Morgan fingerprint density at radius 1 is 1.10 bits per heavy atom. The lowest BCUT2D eigenvalue weighted by atomic mass is 10.1. The van der Waals surface area contributed by atoms with Gasteiger partial charge in [0.2, 0.25) is 0 Å². The maximum Gasteiger partial charge on any atom is 0.260 e. The molecule has 2 heterocycles. The number of likely N-dealkylation sites (tertiary alicyclic amines) is 1. The summed E-state index contributed by atoms with van der Waals surface area (Å²) >= 11 is 0. The zero-order chi connectivity index (χ0) is 20.9. The van der Waals surface area contributed by atoms with Gasteiger partial charge in [-0.2, -0.15) is 0 Å². The normalized spacial score (nSPS) is 13.8. The summed E-state index contributed by atoms with van der Waals surface area (Å²) in [6.07, 6.45) is 3.22. The maximum absolute atomic E-state index is 12.7. The van der Waals surface area contributed by atoms with E-state index in [2.05, 4.69) is 15.6 Å². The lowest BCUT2D eigenvalue weighted by molar-refractivity contribution is -0.134. The van der Waals surface area contributed by atoms with Crippen molar-refractivity contribution in [1.82, 2.24) is 15.2 Å². The zero-order valence-electron chi connectivity index (χ0n) is 16.6. The summed E-state index contributed by atoms with van der Waals surface area (Å²) < 4.78 is 15.6. The number of hydrogen-bond donors (Lipinski definition) is 1. The van der Waals surface area contributed by atoms with Crippen LogP contribution in [0.1, 0.15) is 29.6 Å². The van der Waals surface area contributed by atoms with Crippen LogP contribution in [0.3, 0.4) is 0 Å². The quantitative estimate of drug-likeness (QED) is 0.666. The van der Waals surface area contributed by atoms with Gasteiger partial charge in [-0.3, -0.25) is 9.59 Å². The number of benzene rings is 2. The van der Waals surface area contributed by atoms with E-state index in [-0.39, 0.29) is 18.4 Å². The summed E-state index contributed by atoms with van der Waals surface area (Å²) in [7, 11) is 1.52. The van der Waals surface area contributed by atoms with Gasteiger partial charge in [-0.15, -0.1) is 0 Å². The highest BCUT2D eigenvalue weighted by Crippen LogP contribution is 2.29. The number of hydrogen-bond acceptors (Lipinski definition) is 7. The fraction of sp³-hybridized carbons (Fsp3) is 0.333. The molecule has 0 unspecified atom stereocenters. The fourth-order valence-electron chi connectivity index (χ4n) is 3.41. The second kappa shape index (κ2) is 8.81. The minimum Gasteiger partial charge on any atom is -0.494 e. The third-order valence-electron chi connectivity index (χ3n) is 5.01. The monoisotopic (exact) mass is 410 g/mol. The summed E-state index contributed by atoms with van der Waals surface area (Å²) in [5.74, 6) is 0.565. The number of anilines is 1. The number of fused-ring (bicyclic) bond motifs is 1. The van der Waals surface area contributed by atoms with Gasteiger partial charge in [0.25, 0.3) is 11.8 Å². The third-order valence-corrected chi connectivity index (χ3v) is 5.01. The highest BCUT2D eigenvalue weighted by Gasteiger charge is 2.18. The van der Waals surface area contributed by atoms with E-state index in [9.17, 15) is 9.59 Å². The summed E-state index contributed by atoms with van der Waals surface area (Å²) in [5.41, 5.74) is 1.65. The number of aromatic nitrogens is 2. The molecular weight excluding hydrogens is 388 g/mol. The number of rotatable bonds is 6. The molecule has 1 aromatic heterocycles. The zero-order valence-corrected chi connectivity index (χ0v) is 16.6. The Morgan fingerprint density at radius 2 is 1.90 bits per heavy atom. The molecule has 1 N–H and O–H groups in total. The van der Waals surface area contributed by atoms with Gasteiger partial charge in [0, 0.05) is 18.7 Å². The van der Waals surface area contributed by atoms with E-state index in [4.69, 9.17) is 14.1 Å². The summed E-state index contributed by atoms with van der Waals surface area (Å²) in [6, 6.07) is 10.0. The maximum atomic E-state index is 12.7. The van der Waals surface area contributed by atoms with Gasteiger partial charge >= 0.3 is 0 Å². The van der Waals surface area contributed by atoms with Crippen LogP contribution < -0.4 is 14.8 Å². The number of carbonyl (C=O) groups excluding carboxylic acids is 2. The minimum absolute atomic E-state index is 0.0382. The van der Waals surface area contributed by atoms with Gasteiger partial charge in [0.15, 0.2) is 23.4 Å². The Bertz CT molecular complexity index is 1060. The molecule has 0 aliphatic carbocycles. The Hall–Kier alpha value is -3.62. The van der Waals surface area contributed by atoms with E-state index in [1.807, 2.05) is 4.90 Å². The first kappa shape index (κ1) is 19.7. The lowest BCUT2D eigenvalue weighted by Crippen LogP contribution is -2.38. The van der Waals surface area contributed by atoms with Crippen molar-refractivity contribution in [2.45, 2.75) is 19.3 Å². The van der Waals surface area contributed by atoms with Crippen LogP contribution in [0.2, 0.25) is 0 Å². The third kappa shape index (κ3) is 4.19. The topological polar surface area (TPSA) is 107 Å². The Labute approximate surface area is 172 Å². The lowest BCUT2D eigenvalue weighted by Gasteiger charge is -2.26. The number of nitrogens with one attached hydrogen (secondary N) is 1. The molecule has 1 aliphatic heterocycles. The second-order valence-electron chi connectivity index (χ2n) is 6.99. The number of ether oxygens (including phenoxy) is 2. The van der Waals surface area contributed by atoms with Gasteiger partial charge in [0.05, 0.1) is 12.8 Å². The molecule has 30 heavy (non-hydrogen) atoms. The van der Waals surface area contributed by atoms with E-state index in [0.29, 0.717) is 33.8 Å². The predicted octanol–water partition coefficient (Wildman–Crippen LogP) is 2.88. The molecule has 0 radical (unpaired) electrons. The SMILES string of the molecule is COc1ccc(NC(=O)c2cccc(OCC(=O)N3CCCCC3)c2)c2nonc12. The van der Waals surface area contributed by atoms with Crippen molar-refractivity contribution in [1.29, 1.82) is 0 Å². The smallest absolute Gasteiger partial charge is 0.260 e. The number of carbonyl (C=O) groups is 2. The van der Waals surface area contributed by atoms with Crippen LogP contribution in [-0.4, -0.2) is 53.8 Å². The fourth-order valence-corrected chi connectivity index (χ4v) is 3.41. The number of amides is 2. The molecule has 1 saturated heterocycles. The largest absolute Gasteiger partial charge is 0.494 e. The summed E-state index contributed by atoms with van der Waals surface area (Å²) in [6.45, 7) is 1.50. The number of piperidine rings is 1. The van der Waals surface area contributed by atoms with Crippen LogP contribution in [0, 0.1) is 0 Å². The minimum atomic E-state index is -0.350. The van der Waals surface area contributed by atoms with Gasteiger partial charge < -0.3 is 19.7 Å². The Kier molecular flexibility index (Phi) is 5.78. The van der Waals surface area contributed by atoms with Crippen LogP contribution in [-0.2, 0) is 4.79 Å². The van der Waals surface area contributed by atoms with E-state index in [1.54, 1.807) is 36.4 Å². The van der Waals surface area contributed by atoms with Crippen molar-refractivity contribution in [2.75, 3.05) is 32.1 Å². The van der Waals surface area contributed by atoms with E-state index < -0.39 is 0 Å². The van der Waals surface area contributed by atoms with Gasteiger partial charge in [-0.1, -0.05) is 6.07 Å². The first-order valence-electron chi connectivity index (χ1n) is 9.77. The van der Waals surface area contributed by atoms with Crippen molar-refractivity contribution in [3.8, 4) is 11.5 Å². The molecular formula is C21H22N4O5. The number of methoxy groups -OCH3 is 1. The first-order chi connectivity index (χ1) is 14.7. The molecule has 9 nitrogen and oxygen atoms in total. The molecule has 0 saturated carbocycles. The summed E-state index contributed by atoms with van der Waals surface area (Å²) in [5, 5.41) is 10.4. The average molecular weight is 410 g/mol. The predicted molar refractivity (Wildman–Crippen MR) is 109 cm³/mol. The van der Waals surface area contributed by atoms with Crippen molar-refractivity contribution >= 4 is 28.5 Å². The highest BCUT2D eigenvalue weighted by atomic mass is 16.6. The molecule has 1 aliphatic rings. The molecule has 1 fully saturated rings. The van der Waals surface area contributed by atoms with Crippen molar-refractivity contribution in [3.63, 3.8) is 0 Å². The van der Waals surface area contributed by atoms with E-state index in [1.165, 1.54) is 7.11 Å². The van der Waals surface area contributed by atoms with Crippen molar-refractivity contribution in [2.24, 2.45) is 0 Å². The highest BCUT2D eigenvalue weighted by molar-refractivity contribution is 6.08. The van der Waals surface area contributed by atoms with Crippen LogP contribution in [0.5, 0.6) is 11.5 Å². The van der Waals surface area contributed by atoms with Gasteiger partial charge in [-0.05, 0) is 59.9 Å². The molecule has 2 amide bonds. The molecule has 156 valence electrons. The van der Waals surface area contributed by atoms with Crippen molar-refractivity contribution < 1.29 is 23.7 Å². The molecule has 2 aromatic carbocycles. The summed E-state index contributed by atoms with van der Waals surface area (Å²) in [4.78, 5) is 26.8. The molecule has 3 aromatic rings. The number of nitrogens with zero attached hydrogens (tertiary/aromatic N) is 3. The van der Waals surface area contributed by atoms with E-state index in [0.717, 1.165) is 32.4 Å². The average Bonchev–Trinajstić information content (AvgIpc) is 3.29. The van der Waals surface area contributed by atoms with Crippen LogP contribution in [0.15, 0.2) is 41.0 Å². The Balaban J connectivity index is 1.43. The van der Waals surface area contributed by atoms with Crippen molar-refractivity contribution in [3.05, 3.63) is 42.0 Å². The second-order valence-corrected chi connectivity index (χ2v) is 6.99. The van der Waals surface area contributed by atoms with E-state index >= 15 is 0 Å². The van der Waals surface area contributed by atoms with Gasteiger partial charge in [0.1, 0.15) is 5.75 Å². The molecule has 9 heteroatoms. The van der Waals surface area contributed by atoms with Gasteiger partial charge in [-0.25, -0.2) is 4.63 Å². The Morgan fingerprint density at radius 3 is 2.70 bits per heavy atom. The standard InChI is InChI=1S/C21H22N4O5/c1-28-17-9-8-16(19-20(17)24-30-23-19)22-21(27)14-6-5-7-15(12-14)29-13-18(26)25-10-3-2-4-11-25/h5-9,12H,2-4,10-11,13H2,1H3,(H,22,27). The molecule has 0 bridgehead atoms. The molecule has 0 atom stereocenters. The van der Waals surface area contributed by atoms with Crippen LogP contribution in [0.4, 0.5) is 5.69 Å². The van der Waals surface area contributed by atoms with Crippen LogP contribution in [0.25, 0.3) is 11.0 Å². The molecule has 0 spiro atoms. The first-order valence-corrected chi connectivity index (χ1v) is 9.77. The molecule has 4 rings (SSSR count). The van der Waals surface area contributed by atoms with Crippen LogP contribution >= 0.6 is 0 Å².